The fraction of sp³-hybridized carbons (Fsp3) is 0.400. The number of hydrogen-bond donors (Lipinski definition) is 0. The van der Waals surface area contributed by atoms with E-state index in [4.69, 9.17) is 0 Å². The Balaban J connectivity index is 2.04. The molecule has 2 aromatic carbocycles. The van der Waals surface area contributed by atoms with Gasteiger partial charge in [0.1, 0.15) is 0 Å². The van der Waals surface area contributed by atoms with Crippen molar-refractivity contribution in [1.82, 2.24) is 0 Å². The zero-order chi connectivity index (χ0) is 14.7. The second-order valence-electron chi connectivity index (χ2n) is 6.56. The Morgan fingerprint density at radius 3 is 1.95 bits per heavy atom. The number of aryl methyl sites for hydroxylation is 1. The Morgan fingerprint density at radius 1 is 0.762 bits per heavy atom. The Bertz CT molecular complexity index is 565. The van der Waals surface area contributed by atoms with E-state index in [0.717, 1.165) is 0 Å². The Hall–Kier alpha value is -1.76. The van der Waals surface area contributed by atoms with E-state index in [-0.39, 0.29) is 5.54 Å². The van der Waals surface area contributed by atoms with Crippen molar-refractivity contribution >= 4 is 11.4 Å². The van der Waals surface area contributed by atoms with Crippen LogP contribution >= 0.6 is 0 Å². The highest BCUT2D eigenvalue weighted by Gasteiger charge is 2.34. The molecule has 0 atom stereocenters. The van der Waals surface area contributed by atoms with E-state index in [9.17, 15) is 0 Å². The molecule has 1 aliphatic rings. The molecule has 0 unspecified atom stereocenters. The van der Waals surface area contributed by atoms with Crippen LogP contribution in [0.4, 0.5) is 11.4 Å². The van der Waals surface area contributed by atoms with Crippen molar-refractivity contribution in [3.63, 3.8) is 0 Å². The summed E-state index contributed by atoms with van der Waals surface area (Å²) in [5, 5.41) is 0. The Kier molecular flexibility index (Phi) is 4.01. The molecule has 3 rings (SSSR count). The van der Waals surface area contributed by atoms with Crippen LogP contribution in [-0.4, -0.2) is 5.54 Å². The van der Waals surface area contributed by atoms with Crippen LogP contribution in [0.25, 0.3) is 0 Å². The van der Waals surface area contributed by atoms with Gasteiger partial charge in [-0.1, -0.05) is 55.2 Å². The van der Waals surface area contributed by atoms with Crippen LogP contribution in [0.1, 0.15) is 44.6 Å². The Morgan fingerprint density at radius 2 is 1.33 bits per heavy atom. The molecule has 1 nitrogen and oxygen atoms in total. The van der Waals surface area contributed by atoms with Gasteiger partial charge in [0.05, 0.1) is 0 Å². The van der Waals surface area contributed by atoms with E-state index in [2.05, 4.69) is 73.3 Å². The molecule has 0 N–H and O–H groups in total. The van der Waals surface area contributed by atoms with Crippen LogP contribution in [0.15, 0.2) is 54.6 Å². The van der Waals surface area contributed by atoms with E-state index < -0.39 is 0 Å². The van der Waals surface area contributed by atoms with Crippen LogP contribution in [0.5, 0.6) is 0 Å². The SMILES string of the molecule is Cc1ccc(N(c2ccccc2)C2(C)CCCCC2)cc1. The first-order chi connectivity index (χ1) is 10.2. The third-order valence-electron chi connectivity index (χ3n) is 4.78. The van der Waals surface area contributed by atoms with Crippen LogP contribution in [0.3, 0.4) is 0 Å². The summed E-state index contributed by atoms with van der Waals surface area (Å²) in [5.74, 6) is 0. The standard InChI is InChI=1S/C20H25N/c1-17-11-13-19(14-12-17)21(18-9-5-3-6-10-18)20(2)15-7-4-8-16-20/h3,5-6,9-14H,4,7-8,15-16H2,1-2H3. The monoisotopic (exact) mass is 279 g/mol. The van der Waals surface area contributed by atoms with Gasteiger partial charge in [-0.2, -0.15) is 0 Å². The van der Waals surface area contributed by atoms with Gasteiger partial charge in [0.15, 0.2) is 0 Å². The van der Waals surface area contributed by atoms with Gasteiger partial charge in [0, 0.05) is 16.9 Å². The Labute approximate surface area is 128 Å². The third-order valence-corrected chi connectivity index (χ3v) is 4.78. The van der Waals surface area contributed by atoms with Crippen molar-refractivity contribution in [3.8, 4) is 0 Å². The fourth-order valence-electron chi connectivity index (χ4n) is 3.58. The highest BCUT2D eigenvalue weighted by molar-refractivity contribution is 5.65. The van der Waals surface area contributed by atoms with Gasteiger partial charge in [-0.25, -0.2) is 0 Å². The highest BCUT2D eigenvalue weighted by Crippen LogP contribution is 2.41. The normalized spacial score (nSPS) is 17.4. The minimum Gasteiger partial charge on any atom is -0.336 e. The molecular formula is C20H25N. The lowest BCUT2D eigenvalue weighted by molar-refractivity contribution is 0.318. The lowest BCUT2D eigenvalue weighted by Crippen LogP contribution is -2.45. The van der Waals surface area contributed by atoms with E-state index in [1.165, 1.54) is 49.0 Å². The van der Waals surface area contributed by atoms with Crippen LogP contribution < -0.4 is 4.90 Å². The number of rotatable bonds is 3. The summed E-state index contributed by atoms with van der Waals surface area (Å²) in [6, 6.07) is 19.8. The molecule has 1 heteroatoms. The summed E-state index contributed by atoms with van der Waals surface area (Å²) in [4.78, 5) is 2.56. The third kappa shape index (κ3) is 2.97. The summed E-state index contributed by atoms with van der Waals surface area (Å²) in [7, 11) is 0. The summed E-state index contributed by atoms with van der Waals surface area (Å²) < 4.78 is 0. The smallest absolute Gasteiger partial charge is 0.0423 e. The summed E-state index contributed by atoms with van der Waals surface area (Å²) >= 11 is 0. The molecule has 21 heavy (non-hydrogen) atoms. The molecule has 0 amide bonds. The van der Waals surface area contributed by atoms with Crippen molar-refractivity contribution in [3.05, 3.63) is 60.2 Å². The topological polar surface area (TPSA) is 3.24 Å². The molecule has 1 aliphatic carbocycles. The van der Waals surface area contributed by atoms with Gasteiger partial charge in [0.2, 0.25) is 0 Å². The van der Waals surface area contributed by atoms with Crippen molar-refractivity contribution in [2.24, 2.45) is 0 Å². The maximum atomic E-state index is 2.56. The zero-order valence-electron chi connectivity index (χ0n) is 13.2. The first kappa shape index (κ1) is 14.2. The molecule has 0 aliphatic heterocycles. The average molecular weight is 279 g/mol. The summed E-state index contributed by atoms with van der Waals surface area (Å²) in [6.45, 7) is 4.58. The molecule has 0 spiro atoms. The predicted octanol–water partition coefficient (Wildman–Crippen LogP) is 5.86. The molecule has 0 aromatic heterocycles. The van der Waals surface area contributed by atoms with Crippen LogP contribution in [-0.2, 0) is 0 Å². The van der Waals surface area contributed by atoms with Gasteiger partial charge in [-0.3, -0.25) is 0 Å². The van der Waals surface area contributed by atoms with Crippen LogP contribution in [0, 0.1) is 6.92 Å². The van der Waals surface area contributed by atoms with E-state index >= 15 is 0 Å². The molecule has 0 heterocycles. The number of nitrogens with zero attached hydrogens (tertiary/aromatic N) is 1. The maximum Gasteiger partial charge on any atom is 0.0423 e. The predicted molar refractivity (Wildman–Crippen MR) is 91.3 cm³/mol. The lowest BCUT2D eigenvalue weighted by atomic mass is 9.81. The maximum absolute atomic E-state index is 2.56. The molecule has 1 saturated carbocycles. The second-order valence-corrected chi connectivity index (χ2v) is 6.56. The number of benzene rings is 2. The molecule has 0 radical (unpaired) electrons. The average Bonchev–Trinajstić information content (AvgIpc) is 2.51. The highest BCUT2D eigenvalue weighted by atomic mass is 15.2. The summed E-state index contributed by atoms with van der Waals surface area (Å²) in [5.41, 5.74) is 4.18. The van der Waals surface area contributed by atoms with E-state index in [0.29, 0.717) is 0 Å². The molecular weight excluding hydrogens is 254 g/mol. The van der Waals surface area contributed by atoms with Gasteiger partial charge in [-0.05, 0) is 51.0 Å². The van der Waals surface area contributed by atoms with Crippen molar-refractivity contribution < 1.29 is 0 Å². The van der Waals surface area contributed by atoms with E-state index in [1.807, 2.05) is 0 Å². The summed E-state index contributed by atoms with van der Waals surface area (Å²) in [6.07, 6.45) is 6.61. The van der Waals surface area contributed by atoms with E-state index in [1.54, 1.807) is 0 Å². The van der Waals surface area contributed by atoms with Crippen molar-refractivity contribution in [2.75, 3.05) is 4.90 Å². The van der Waals surface area contributed by atoms with Crippen LogP contribution in [0.2, 0.25) is 0 Å². The number of hydrogen-bond acceptors (Lipinski definition) is 1. The molecule has 2 aromatic rings. The first-order valence-electron chi connectivity index (χ1n) is 8.11. The number of anilines is 2. The molecule has 110 valence electrons. The minimum atomic E-state index is 0.231. The zero-order valence-corrected chi connectivity index (χ0v) is 13.2. The molecule has 1 fully saturated rings. The van der Waals surface area contributed by atoms with Gasteiger partial charge < -0.3 is 4.90 Å². The van der Waals surface area contributed by atoms with Crippen molar-refractivity contribution in [1.29, 1.82) is 0 Å². The first-order valence-corrected chi connectivity index (χ1v) is 8.11. The minimum absolute atomic E-state index is 0.231. The van der Waals surface area contributed by atoms with Gasteiger partial charge in [-0.15, -0.1) is 0 Å². The van der Waals surface area contributed by atoms with Crippen molar-refractivity contribution in [2.45, 2.75) is 51.5 Å². The van der Waals surface area contributed by atoms with Gasteiger partial charge in [0.25, 0.3) is 0 Å². The lowest BCUT2D eigenvalue weighted by Gasteiger charge is -2.45. The van der Waals surface area contributed by atoms with Gasteiger partial charge >= 0.3 is 0 Å². The fourth-order valence-corrected chi connectivity index (χ4v) is 3.58. The second kappa shape index (κ2) is 5.93. The largest absolute Gasteiger partial charge is 0.336 e. The molecule has 0 saturated heterocycles. The number of para-hydroxylation sites is 1. The molecule has 0 bridgehead atoms. The quantitative estimate of drug-likeness (QED) is 0.680.